The van der Waals surface area contributed by atoms with E-state index < -0.39 is 36.0 Å². The van der Waals surface area contributed by atoms with E-state index in [1.165, 1.54) is 6.08 Å². The molecule has 0 N–H and O–H groups in total. The van der Waals surface area contributed by atoms with Crippen LogP contribution in [0.5, 0.6) is 0 Å². The summed E-state index contributed by atoms with van der Waals surface area (Å²) in [6.07, 6.45) is 1.21. The standard InChI is InChI=1S/C15H11F5N.Y/c1-8-3-4-13(21(9(8)2)7-14(19)20)15-11(17)5-10(16)6-12(15)18;/h3,5-6,14H,2,7H2,1H3;/q-1;. The molecular formula is C15H11F5NY-. The van der Waals surface area contributed by atoms with Crippen LogP contribution < -0.4 is 0 Å². The van der Waals surface area contributed by atoms with Crippen molar-refractivity contribution in [3.05, 3.63) is 65.1 Å². The van der Waals surface area contributed by atoms with Crippen LogP contribution in [0.15, 0.2) is 36.1 Å². The van der Waals surface area contributed by atoms with Crippen molar-refractivity contribution < 1.29 is 54.7 Å². The summed E-state index contributed by atoms with van der Waals surface area (Å²) in [6, 6.07) is 0.975. The Balaban J connectivity index is 0.00000242. The maximum atomic E-state index is 13.8. The molecule has 1 aromatic rings. The summed E-state index contributed by atoms with van der Waals surface area (Å²) in [7, 11) is 0. The first-order valence-electron chi connectivity index (χ1n) is 6.01. The van der Waals surface area contributed by atoms with E-state index in [0.29, 0.717) is 17.7 Å². The number of hydrogen-bond donors (Lipinski definition) is 0. The summed E-state index contributed by atoms with van der Waals surface area (Å²) in [6.45, 7) is 4.45. The number of allylic oxidation sites excluding steroid dienone is 3. The largest absolute Gasteiger partial charge is 0.369 e. The molecule has 115 valence electrons. The third-order valence-electron chi connectivity index (χ3n) is 3.04. The molecule has 22 heavy (non-hydrogen) atoms. The van der Waals surface area contributed by atoms with Gasteiger partial charge in [0.15, 0.2) is 0 Å². The summed E-state index contributed by atoms with van der Waals surface area (Å²) >= 11 is 0. The van der Waals surface area contributed by atoms with E-state index in [0.717, 1.165) is 4.90 Å². The van der Waals surface area contributed by atoms with Crippen LogP contribution in [-0.4, -0.2) is 17.9 Å². The zero-order chi connectivity index (χ0) is 15.7. The second-order valence-electron chi connectivity index (χ2n) is 4.51. The maximum Gasteiger partial charge on any atom is 0.256 e. The smallest absolute Gasteiger partial charge is 0.256 e. The van der Waals surface area contributed by atoms with Crippen molar-refractivity contribution in [2.45, 2.75) is 13.3 Å². The second-order valence-corrected chi connectivity index (χ2v) is 4.51. The fourth-order valence-corrected chi connectivity index (χ4v) is 2.00. The van der Waals surface area contributed by atoms with Crippen LogP contribution in [0.25, 0.3) is 5.70 Å². The Labute approximate surface area is 150 Å². The molecule has 0 atom stereocenters. The molecule has 0 unspecified atom stereocenters. The molecule has 0 fully saturated rings. The summed E-state index contributed by atoms with van der Waals surface area (Å²) in [5.41, 5.74) is -0.114. The Morgan fingerprint density at radius 1 is 1.18 bits per heavy atom. The van der Waals surface area contributed by atoms with E-state index in [4.69, 9.17) is 0 Å². The third-order valence-corrected chi connectivity index (χ3v) is 3.04. The molecule has 1 radical (unpaired) electrons. The Bertz CT molecular complexity index is 628. The van der Waals surface area contributed by atoms with Gasteiger partial charge in [0.2, 0.25) is 0 Å². The Hall–Kier alpha value is -1.01. The van der Waals surface area contributed by atoms with E-state index >= 15 is 0 Å². The van der Waals surface area contributed by atoms with Gasteiger partial charge in [0.05, 0.1) is 18.2 Å². The van der Waals surface area contributed by atoms with Gasteiger partial charge in [0.25, 0.3) is 6.43 Å². The van der Waals surface area contributed by atoms with Gasteiger partial charge < -0.3 is 4.90 Å². The van der Waals surface area contributed by atoms with E-state index in [1.807, 2.05) is 0 Å². The van der Waals surface area contributed by atoms with Crippen molar-refractivity contribution in [3.8, 4) is 0 Å². The SMILES string of the molecule is C=C1C(C)=C[C-]=C(c2c(F)cc(F)cc2F)N1CC(F)F.[Y]. The molecule has 1 aliphatic heterocycles. The van der Waals surface area contributed by atoms with Crippen molar-refractivity contribution in [2.24, 2.45) is 0 Å². The van der Waals surface area contributed by atoms with Gasteiger partial charge in [-0.05, 0) is 23.4 Å². The van der Waals surface area contributed by atoms with E-state index in [9.17, 15) is 22.0 Å². The molecular weight excluding hydrogens is 378 g/mol. The zero-order valence-electron chi connectivity index (χ0n) is 11.6. The van der Waals surface area contributed by atoms with Crippen molar-refractivity contribution in [1.82, 2.24) is 4.90 Å². The number of nitrogens with zero attached hydrogens (tertiary/aromatic N) is 1. The van der Waals surface area contributed by atoms with Gasteiger partial charge in [-0.1, -0.05) is 19.2 Å². The van der Waals surface area contributed by atoms with Gasteiger partial charge in [-0.25, -0.2) is 22.0 Å². The molecule has 0 aromatic heterocycles. The minimum absolute atomic E-state index is 0. The van der Waals surface area contributed by atoms with Crippen LogP contribution >= 0.6 is 0 Å². The topological polar surface area (TPSA) is 3.24 Å². The van der Waals surface area contributed by atoms with Crippen LogP contribution in [0, 0.1) is 23.5 Å². The van der Waals surface area contributed by atoms with Crippen molar-refractivity contribution in [1.29, 1.82) is 0 Å². The Morgan fingerprint density at radius 3 is 2.23 bits per heavy atom. The number of benzene rings is 1. The molecule has 1 aliphatic rings. The minimum atomic E-state index is -2.74. The number of alkyl halides is 2. The Kier molecular flexibility index (Phi) is 6.50. The van der Waals surface area contributed by atoms with E-state index in [1.54, 1.807) is 6.92 Å². The van der Waals surface area contributed by atoms with Crippen LogP contribution in [-0.2, 0) is 32.7 Å². The maximum absolute atomic E-state index is 13.8. The monoisotopic (exact) mass is 389 g/mol. The van der Waals surface area contributed by atoms with Crippen molar-refractivity contribution >= 4 is 5.70 Å². The first-order chi connectivity index (χ1) is 9.81. The average Bonchev–Trinajstić information content (AvgIpc) is 2.36. The number of rotatable bonds is 3. The predicted molar refractivity (Wildman–Crippen MR) is 68.6 cm³/mol. The van der Waals surface area contributed by atoms with Gasteiger partial charge in [-0.15, -0.1) is 5.57 Å². The van der Waals surface area contributed by atoms with Crippen molar-refractivity contribution in [2.75, 3.05) is 6.54 Å². The quantitative estimate of drug-likeness (QED) is 0.551. The van der Waals surface area contributed by atoms with Gasteiger partial charge in [0, 0.05) is 32.7 Å². The van der Waals surface area contributed by atoms with Crippen LogP contribution in [0.1, 0.15) is 12.5 Å². The molecule has 0 bridgehead atoms. The summed E-state index contributed by atoms with van der Waals surface area (Å²) < 4.78 is 66.0. The zero-order valence-corrected chi connectivity index (χ0v) is 14.5. The molecule has 0 saturated heterocycles. The van der Waals surface area contributed by atoms with E-state index in [-0.39, 0.29) is 44.1 Å². The molecule has 2 rings (SSSR count). The average molecular weight is 389 g/mol. The molecule has 7 heteroatoms. The van der Waals surface area contributed by atoms with Gasteiger partial charge >= 0.3 is 0 Å². The van der Waals surface area contributed by atoms with Crippen LogP contribution in [0.3, 0.4) is 0 Å². The summed E-state index contributed by atoms with van der Waals surface area (Å²) in [5.74, 6) is -3.46. The van der Waals surface area contributed by atoms with Crippen LogP contribution in [0.2, 0.25) is 0 Å². The number of halogens is 5. The molecule has 0 amide bonds. The fourth-order valence-electron chi connectivity index (χ4n) is 2.00. The second kappa shape index (κ2) is 7.51. The van der Waals surface area contributed by atoms with Gasteiger partial charge in [-0.3, -0.25) is 0 Å². The van der Waals surface area contributed by atoms with Crippen molar-refractivity contribution in [3.63, 3.8) is 0 Å². The predicted octanol–water partition coefficient (Wildman–Crippen LogP) is 4.29. The molecule has 1 nitrogen and oxygen atoms in total. The summed E-state index contributed by atoms with van der Waals surface area (Å²) in [4.78, 5) is 0.972. The number of hydrogen-bond acceptors (Lipinski definition) is 1. The molecule has 0 spiro atoms. The van der Waals surface area contributed by atoms with Gasteiger partial charge in [-0.2, -0.15) is 12.2 Å². The molecule has 1 heterocycles. The third kappa shape index (κ3) is 3.84. The molecule has 1 aromatic carbocycles. The first kappa shape index (κ1) is 19.0. The first-order valence-corrected chi connectivity index (χ1v) is 6.01. The fraction of sp³-hybridized carbons (Fsp3) is 0.200. The molecule has 0 saturated carbocycles. The molecule has 0 aliphatic carbocycles. The minimum Gasteiger partial charge on any atom is -0.369 e. The summed E-state index contributed by atoms with van der Waals surface area (Å²) in [5, 5.41) is 0. The van der Waals surface area contributed by atoms with E-state index in [2.05, 4.69) is 12.7 Å². The normalized spacial score (nSPS) is 14.7. The Morgan fingerprint density at radius 2 is 1.73 bits per heavy atom. The van der Waals surface area contributed by atoms with Gasteiger partial charge in [0.1, 0.15) is 5.82 Å². The van der Waals surface area contributed by atoms with Crippen LogP contribution in [0.4, 0.5) is 22.0 Å².